The Morgan fingerprint density at radius 3 is 2.03 bits per heavy atom. The topological polar surface area (TPSA) is 90.7 Å². The number of amides is 1. The van der Waals surface area contributed by atoms with Crippen LogP contribution in [-0.2, 0) is 9.53 Å². The number of hydrogen-bond donors (Lipinski definition) is 1. The molecular formula is C18H9F9N2O5. The standard InChI is InChI=1S/C18H9F9N2O5/c19-14(20,17(25)15(21,22)16(23,24)18(26,27)34-17)13(30)28-9-6-10(29(31)32)8-12(7-9)33-11-4-2-1-3-5-11/h1-8H,(H,28,30). The van der Waals surface area contributed by atoms with Crippen molar-refractivity contribution in [3.8, 4) is 11.5 Å². The van der Waals surface area contributed by atoms with Gasteiger partial charge in [-0.2, -0.15) is 39.5 Å². The summed E-state index contributed by atoms with van der Waals surface area (Å²) in [6.07, 6.45) is -6.41. The van der Waals surface area contributed by atoms with Gasteiger partial charge in [-0.05, 0) is 12.1 Å². The Bertz CT molecular complexity index is 1130. The molecule has 2 aromatic rings. The molecule has 1 aliphatic heterocycles. The molecule has 1 amide bonds. The van der Waals surface area contributed by atoms with Crippen LogP contribution < -0.4 is 10.1 Å². The first kappa shape index (κ1) is 25.1. The van der Waals surface area contributed by atoms with E-state index in [2.05, 4.69) is 4.74 Å². The smallest absolute Gasteiger partial charge is 0.428 e. The van der Waals surface area contributed by atoms with Crippen LogP contribution in [-0.4, -0.2) is 40.6 Å². The molecule has 2 aromatic carbocycles. The highest BCUT2D eigenvalue weighted by molar-refractivity contribution is 5.97. The number of ether oxygens (including phenoxy) is 2. The summed E-state index contributed by atoms with van der Waals surface area (Å²) in [4.78, 5) is 21.9. The lowest BCUT2D eigenvalue weighted by atomic mass is 9.99. The molecule has 1 aliphatic rings. The number of alkyl halides is 9. The number of hydrogen-bond acceptors (Lipinski definition) is 5. The van der Waals surface area contributed by atoms with E-state index in [1.54, 1.807) is 6.07 Å². The maximum atomic E-state index is 14.3. The molecule has 1 saturated heterocycles. The third-order valence-electron chi connectivity index (χ3n) is 4.46. The van der Waals surface area contributed by atoms with Crippen molar-refractivity contribution >= 4 is 17.3 Å². The second-order valence-corrected chi connectivity index (χ2v) is 6.78. The minimum atomic E-state index is -6.87. The number of halogens is 9. The predicted molar refractivity (Wildman–Crippen MR) is 93.0 cm³/mol. The third kappa shape index (κ3) is 3.66. The molecule has 0 spiro atoms. The molecule has 16 heteroatoms. The third-order valence-corrected chi connectivity index (χ3v) is 4.46. The van der Waals surface area contributed by atoms with Crippen molar-refractivity contribution in [1.29, 1.82) is 0 Å². The van der Waals surface area contributed by atoms with Crippen LogP contribution in [0.2, 0.25) is 0 Å². The van der Waals surface area contributed by atoms with E-state index < -0.39 is 57.7 Å². The zero-order valence-corrected chi connectivity index (χ0v) is 16.0. The molecule has 0 saturated carbocycles. The number of benzene rings is 2. The molecule has 1 unspecified atom stereocenters. The summed E-state index contributed by atoms with van der Waals surface area (Å²) < 4.78 is 130. The van der Waals surface area contributed by atoms with Gasteiger partial charge >= 0.3 is 35.6 Å². The number of nitrogens with one attached hydrogen (secondary N) is 1. The van der Waals surface area contributed by atoms with Gasteiger partial charge in [0, 0.05) is 12.1 Å². The van der Waals surface area contributed by atoms with E-state index in [4.69, 9.17) is 4.74 Å². The van der Waals surface area contributed by atoms with E-state index in [1.165, 1.54) is 24.3 Å². The molecule has 1 heterocycles. The highest BCUT2D eigenvalue weighted by atomic mass is 19.4. The summed E-state index contributed by atoms with van der Waals surface area (Å²) >= 11 is 0. The molecule has 1 N–H and O–H groups in total. The Balaban J connectivity index is 1.96. The van der Waals surface area contributed by atoms with E-state index in [0.29, 0.717) is 12.1 Å². The first-order valence-corrected chi connectivity index (χ1v) is 8.70. The van der Waals surface area contributed by atoms with Gasteiger partial charge < -0.3 is 10.1 Å². The summed E-state index contributed by atoms with van der Waals surface area (Å²) in [5, 5.41) is 12.2. The number of anilines is 1. The molecule has 1 fully saturated rings. The molecular weight excluding hydrogens is 495 g/mol. The van der Waals surface area contributed by atoms with Crippen LogP contribution in [0, 0.1) is 10.1 Å². The lowest BCUT2D eigenvalue weighted by Crippen LogP contribution is -2.63. The summed E-state index contributed by atoms with van der Waals surface area (Å²) in [5.41, 5.74) is -1.88. The van der Waals surface area contributed by atoms with Crippen molar-refractivity contribution in [2.24, 2.45) is 0 Å². The van der Waals surface area contributed by atoms with Gasteiger partial charge in [-0.25, -0.2) is 0 Å². The summed E-state index contributed by atoms with van der Waals surface area (Å²) in [5.74, 6) is -30.0. The van der Waals surface area contributed by atoms with Gasteiger partial charge in [-0.15, -0.1) is 0 Å². The lowest BCUT2D eigenvalue weighted by molar-refractivity contribution is -0.384. The molecule has 34 heavy (non-hydrogen) atoms. The Hall–Kier alpha value is -3.56. The Morgan fingerprint density at radius 1 is 0.941 bits per heavy atom. The van der Waals surface area contributed by atoms with Crippen molar-refractivity contribution in [1.82, 2.24) is 0 Å². The Kier molecular flexibility index (Phi) is 5.71. The number of nitro groups is 1. The first-order valence-electron chi connectivity index (χ1n) is 8.70. The van der Waals surface area contributed by atoms with E-state index in [1.807, 2.05) is 0 Å². The number of carbonyl (C=O) groups is 1. The van der Waals surface area contributed by atoms with Crippen LogP contribution >= 0.6 is 0 Å². The molecule has 7 nitrogen and oxygen atoms in total. The second-order valence-electron chi connectivity index (χ2n) is 6.78. The fourth-order valence-corrected chi connectivity index (χ4v) is 2.75. The molecule has 0 radical (unpaired) electrons. The second kappa shape index (κ2) is 7.75. The number of nitro benzene ring substituents is 1. The maximum absolute atomic E-state index is 14.3. The average Bonchev–Trinajstić information content (AvgIpc) is 2.82. The average molecular weight is 504 g/mol. The Morgan fingerprint density at radius 2 is 1.53 bits per heavy atom. The number of para-hydroxylation sites is 1. The highest BCUT2D eigenvalue weighted by Crippen LogP contribution is 2.64. The molecule has 0 bridgehead atoms. The lowest BCUT2D eigenvalue weighted by Gasteiger charge is -2.31. The van der Waals surface area contributed by atoms with E-state index in [0.717, 1.165) is 11.4 Å². The SMILES string of the molecule is O=C(Nc1cc(Oc2ccccc2)cc([N+](=O)[O-])c1)C(F)(F)C1(F)OC(F)(F)C(F)(F)C1(F)F. The van der Waals surface area contributed by atoms with Gasteiger partial charge in [0.1, 0.15) is 11.5 Å². The normalized spacial score (nSPS) is 22.7. The minimum absolute atomic E-state index is 0.0665. The Labute approximate surface area is 182 Å². The van der Waals surface area contributed by atoms with Crippen LogP contribution in [0.25, 0.3) is 0 Å². The van der Waals surface area contributed by atoms with Gasteiger partial charge in [0.15, 0.2) is 0 Å². The molecule has 0 aromatic heterocycles. The molecule has 3 rings (SSSR count). The molecule has 1 atom stereocenters. The fraction of sp³-hybridized carbons (Fsp3) is 0.278. The van der Waals surface area contributed by atoms with E-state index >= 15 is 0 Å². The number of carbonyl (C=O) groups excluding carboxylic acids is 1. The van der Waals surface area contributed by atoms with Crippen molar-refractivity contribution in [3.05, 3.63) is 58.6 Å². The van der Waals surface area contributed by atoms with Gasteiger partial charge in [0.2, 0.25) is 0 Å². The fourth-order valence-electron chi connectivity index (χ4n) is 2.75. The highest BCUT2D eigenvalue weighted by Gasteiger charge is 2.96. The van der Waals surface area contributed by atoms with Gasteiger partial charge in [0.25, 0.3) is 5.69 Å². The largest absolute Gasteiger partial charge is 0.457 e. The number of non-ortho nitro benzene ring substituents is 1. The zero-order valence-electron chi connectivity index (χ0n) is 16.0. The van der Waals surface area contributed by atoms with Crippen LogP contribution in [0.4, 0.5) is 50.9 Å². The maximum Gasteiger partial charge on any atom is 0.428 e. The zero-order chi connectivity index (χ0) is 25.7. The monoisotopic (exact) mass is 504 g/mol. The summed E-state index contributed by atoms with van der Waals surface area (Å²) in [7, 11) is 0. The molecule has 0 aliphatic carbocycles. The number of nitrogens with zero attached hydrogens (tertiary/aromatic N) is 1. The van der Waals surface area contributed by atoms with Crippen LogP contribution in [0.1, 0.15) is 0 Å². The quantitative estimate of drug-likeness (QED) is 0.318. The summed E-state index contributed by atoms with van der Waals surface area (Å²) in [6, 6.07) is 9.04. The molecule has 184 valence electrons. The summed E-state index contributed by atoms with van der Waals surface area (Å²) in [6.45, 7) is 0. The van der Waals surface area contributed by atoms with Crippen LogP contribution in [0.5, 0.6) is 11.5 Å². The minimum Gasteiger partial charge on any atom is -0.457 e. The van der Waals surface area contributed by atoms with Crippen molar-refractivity contribution < 1.29 is 58.7 Å². The van der Waals surface area contributed by atoms with Crippen LogP contribution in [0.15, 0.2) is 48.5 Å². The predicted octanol–water partition coefficient (Wildman–Crippen LogP) is 5.52. The van der Waals surface area contributed by atoms with E-state index in [-0.39, 0.29) is 5.75 Å². The van der Waals surface area contributed by atoms with Crippen molar-refractivity contribution in [2.45, 2.75) is 29.7 Å². The van der Waals surface area contributed by atoms with Crippen molar-refractivity contribution in [2.75, 3.05) is 5.32 Å². The van der Waals surface area contributed by atoms with Gasteiger partial charge in [-0.1, -0.05) is 18.2 Å². The van der Waals surface area contributed by atoms with E-state index in [9.17, 15) is 54.4 Å². The first-order chi connectivity index (χ1) is 15.5. The van der Waals surface area contributed by atoms with Crippen LogP contribution in [0.3, 0.4) is 0 Å². The van der Waals surface area contributed by atoms with Gasteiger partial charge in [-0.3, -0.25) is 19.6 Å². The number of rotatable bonds is 6. The van der Waals surface area contributed by atoms with Crippen molar-refractivity contribution in [3.63, 3.8) is 0 Å². The van der Waals surface area contributed by atoms with Gasteiger partial charge in [0.05, 0.1) is 16.7 Å².